The summed E-state index contributed by atoms with van der Waals surface area (Å²) in [6, 6.07) is 71.0. The van der Waals surface area contributed by atoms with Gasteiger partial charge in [-0.15, -0.1) is 0 Å². The van der Waals surface area contributed by atoms with Gasteiger partial charge in [-0.2, -0.15) is 0 Å². The van der Waals surface area contributed by atoms with Gasteiger partial charge < -0.3 is 13.7 Å². The number of hydrogen-bond donors (Lipinski definition) is 0. The van der Waals surface area contributed by atoms with Gasteiger partial charge in [0.25, 0.3) is 0 Å². The molecule has 0 radical (unpaired) electrons. The van der Waals surface area contributed by atoms with Crippen LogP contribution < -0.4 is 4.90 Å². The highest BCUT2D eigenvalue weighted by atomic mass is 16.3. The van der Waals surface area contributed by atoms with Gasteiger partial charge in [0, 0.05) is 44.4 Å². The largest absolute Gasteiger partial charge is 0.456 e. The van der Waals surface area contributed by atoms with Gasteiger partial charge in [0.2, 0.25) is 0 Å². The molecule has 55 heavy (non-hydrogen) atoms. The second-order valence-electron chi connectivity index (χ2n) is 14.0. The first-order valence-corrected chi connectivity index (χ1v) is 18.7. The van der Waals surface area contributed by atoms with Crippen LogP contribution in [0.3, 0.4) is 0 Å². The van der Waals surface area contributed by atoms with E-state index in [9.17, 15) is 0 Å². The van der Waals surface area contributed by atoms with Crippen LogP contribution in [0, 0.1) is 0 Å². The number of anilines is 3. The maximum atomic E-state index is 6.52. The van der Waals surface area contributed by atoms with Gasteiger partial charge in [-0.1, -0.05) is 152 Å². The van der Waals surface area contributed by atoms with Gasteiger partial charge in [0.1, 0.15) is 22.3 Å². The molecule has 3 heteroatoms. The van der Waals surface area contributed by atoms with E-state index in [1.165, 1.54) is 21.9 Å². The first-order valence-electron chi connectivity index (χ1n) is 18.7. The molecule has 0 aliphatic heterocycles. The van der Waals surface area contributed by atoms with Crippen molar-refractivity contribution < 1.29 is 8.83 Å². The SMILES string of the molecule is c1ccc(-c2cccc3ccccc23)c(-c2ccccc2N(c2ccc3c(c2)oc2ccccc23)c2ccccc2-c2cccc3oc4ccccc4c23)c1. The molecule has 0 atom stereocenters. The Morgan fingerprint density at radius 2 is 0.764 bits per heavy atom. The summed E-state index contributed by atoms with van der Waals surface area (Å²) < 4.78 is 12.9. The lowest BCUT2D eigenvalue weighted by Crippen LogP contribution is -2.12. The zero-order valence-electron chi connectivity index (χ0n) is 29.8. The Morgan fingerprint density at radius 3 is 1.55 bits per heavy atom. The van der Waals surface area contributed by atoms with Crippen LogP contribution in [-0.4, -0.2) is 0 Å². The fourth-order valence-corrected chi connectivity index (χ4v) is 8.47. The van der Waals surface area contributed by atoms with Crippen molar-refractivity contribution in [2.45, 2.75) is 0 Å². The van der Waals surface area contributed by atoms with Crippen LogP contribution in [0.1, 0.15) is 0 Å². The van der Waals surface area contributed by atoms with E-state index in [-0.39, 0.29) is 0 Å². The highest BCUT2D eigenvalue weighted by Gasteiger charge is 2.24. The monoisotopic (exact) mass is 703 g/mol. The lowest BCUT2D eigenvalue weighted by molar-refractivity contribution is 0.668. The molecule has 11 aromatic rings. The van der Waals surface area contributed by atoms with E-state index in [4.69, 9.17) is 8.83 Å². The third kappa shape index (κ3) is 5.05. The molecule has 9 aromatic carbocycles. The molecule has 0 spiro atoms. The molecule has 258 valence electrons. The Hall–Kier alpha value is -7.36. The van der Waals surface area contributed by atoms with E-state index < -0.39 is 0 Å². The van der Waals surface area contributed by atoms with Crippen molar-refractivity contribution in [3.63, 3.8) is 0 Å². The Morgan fingerprint density at radius 1 is 0.291 bits per heavy atom. The Balaban J connectivity index is 1.19. The number of fused-ring (bicyclic) bond motifs is 7. The van der Waals surface area contributed by atoms with Crippen LogP contribution >= 0.6 is 0 Å². The summed E-state index contributed by atoms with van der Waals surface area (Å²) in [6.07, 6.45) is 0. The van der Waals surface area contributed by atoms with Crippen LogP contribution in [-0.2, 0) is 0 Å². The number of furan rings is 2. The Labute approximate surface area is 317 Å². The Bertz CT molecular complexity index is 3230. The molecule has 0 aliphatic rings. The van der Waals surface area contributed by atoms with E-state index in [0.717, 1.165) is 83.2 Å². The number of rotatable bonds is 6. The average molecular weight is 704 g/mol. The lowest BCUT2D eigenvalue weighted by atomic mass is 9.90. The van der Waals surface area contributed by atoms with Gasteiger partial charge in [-0.3, -0.25) is 0 Å². The van der Waals surface area contributed by atoms with Crippen LogP contribution in [0.4, 0.5) is 17.1 Å². The van der Waals surface area contributed by atoms with Gasteiger partial charge in [0.05, 0.1) is 11.4 Å². The minimum atomic E-state index is 0.845. The minimum absolute atomic E-state index is 0.845. The summed E-state index contributed by atoms with van der Waals surface area (Å²) in [5.41, 5.74) is 13.5. The molecule has 11 rings (SSSR count). The quantitative estimate of drug-likeness (QED) is 0.173. The summed E-state index contributed by atoms with van der Waals surface area (Å²) in [4.78, 5) is 2.40. The summed E-state index contributed by atoms with van der Waals surface area (Å²) >= 11 is 0. The fourth-order valence-electron chi connectivity index (χ4n) is 8.47. The van der Waals surface area contributed by atoms with Gasteiger partial charge in [0.15, 0.2) is 0 Å². The molecule has 0 bridgehead atoms. The van der Waals surface area contributed by atoms with E-state index in [0.29, 0.717) is 0 Å². The van der Waals surface area contributed by atoms with Crippen LogP contribution in [0.5, 0.6) is 0 Å². The second kappa shape index (κ2) is 12.6. The molecular weight excluding hydrogens is 671 g/mol. The van der Waals surface area contributed by atoms with Crippen molar-refractivity contribution in [1.29, 1.82) is 0 Å². The Kier molecular flexibility index (Phi) is 7.17. The van der Waals surface area contributed by atoms with Crippen LogP contribution in [0.25, 0.3) is 88.0 Å². The highest BCUT2D eigenvalue weighted by Crippen LogP contribution is 2.49. The predicted octanol–water partition coefficient (Wildman–Crippen LogP) is 15.1. The molecule has 0 N–H and O–H groups in total. The number of nitrogens with zero attached hydrogens (tertiary/aromatic N) is 1. The molecule has 0 fully saturated rings. The zero-order chi connectivity index (χ0) is 36.3. The van der Waals surface area contributed by atoms with Gasteiger partial charge in [-0.25, -0.2) is 0 Å². The van der Waals surface area contributed by atoms with Crippen molar-refractivity contribution in [2.24, 2.45) is 0 Å². The second-order valence-corrected chi connectivity index (χ2v) is 14.0. The van der Waals surface area contributed by atoms with Crippen molar-refractivity contribution in [3.8, 4) is 33.4 Å². The molecule has 2 heterocycles. The number of para-hydroxylation sites is 4. The van der Waals surface area contributed by atoms with E-state index in [1.54, 1.807) is 0 Å². The third-order valence-corrected chi connectivity index (χ3v) is 10.9. The molecule has 2 aromatic heterocycles. The molecule has 0 saturated heterocycles. The van der Waals surface area contributed by atoms with Crippen LogP contribution in [0.2, 0.25) is 0 Å². The third-order valence-electron chi connectivity index (χ3n) is 10.9. The zero-order valence-corrected chi connectivity index (χ0v) is 29.8. The van der Waals surface area contributed by atoms with Crippen molar-refractivity contribution in [1.82, 2.24) is 0 Å². The minimum Gasteiger partial charge on any atom is -0.456 e. The number of benzene rings is 9. The van der Waals surface area contributed by atoms with Crippen molar-refractivity contribution in [2.75, 3.05) is 4.90 Å². The topological polar surface area (TPSA) is 29.5 Å². The summed E-state index contributed by atoms with van der Waals surface area (Å²) in [5, 5.41) is 6.86. The fraction of sp³-hybridized carbons (Fsp3) is 0. The smallest absolute Gasteiger partial charge is 0.137 e. The van der Waals surface area contributed by atoms with Gasteiger partial charge >= 0.3 is 0 Å². The maximum absolute atomic E-state index is 6.52. The summed E-state index contributed by atoms with van der Waals surface area (Å²) in [7, 11) is 0. The van der Waals surface area contributed by atoms with Crippen molar-refractivity contribution in [3.05, 3.63) is 200 Å². The first-order chi connectivity index (χ1) is 27.3. The first kappa shape index (κ1) is 31.2. The molecule has 0 saturated carbocycles. The van der Waals surface area contributed by atoms with Gasteiger partial charge in [-0.05, 0) is 75.5 Å². The summed E-state index contributed by atoms with van der Waals surface area (Å²) in [6.45, 7) is 0. The average Bonchev–Trinajstić information content (AvgIpc) is 3.82. The molecule has 3 nitrogen and oxygen atoms in total. The standard InChI is InChI=1S/C52H33NO2/c1-2-17-36-34(15-1)16-13-24-37(36)38-18-3-4-19-39(38)40-20-5-9-26-46(40)53(35-31-32-43-42-22-7-11-28-48(42)55-51(43)33-35)47-27-10-6-21-41(47)44-25-14-30-50-52(44)45-23-8-12-29-49(45)54-50/h1-33H. The highest BCUT2D eigenvalue weighted by molar-refractivity contribution is 6.14. The normalized spacial score (nSPS) is 11.6. The van der Waals surface area contributed by atoms with E-state index >= 15 is 0 Å². The van der Waals surface area contributed by atoms with E-state index in [2.05, 4.69) is 181 Å². The molecule has 0 aliphatic carbocycles. The lowest BCUT2D eigenvalue weighted by Gasteiger charge is -2.30. The number of hydrogen-bond acceptors (Lipinski definition) is 3. The molecule has 0 amide bonds. The molecule has 0 unspecified atom stereocenters. The summed E-state index contributed by atoms with van der Waals surface area (Å²) in [5.74, 6) is 0. The molecular formula is C52H33NO2. The maximum Gasteiger partial charge on any atom is 0.137 e. The van der Waals surface area contributed by atoms with Crippen molar-refractivity contribution >= 4 is 71.7 Å². The van der Waals surface area contributed by atoms with Crippen LogP contribution in [0.15, 0.2) is 209 Å². The predicted molar refractivity (Wildman–Crippen MR) is 229 cm³/mol. The van der Waals surface area contributed by atoms with E-state index in [1.807, 2.05) is 24.3 Å².